The average molecular weight is 291 g/mol. The van der Waals surface area contributed by atoms with Gasteiger partial charge in [-0.15, -0.1) is 0 Å². The molecule has 5 nitrogen and oxygen atoms in total. The number of nitrogens with zero attached hydrogens (tertiary/aromatic N) is 1. The minimum atomic E-state index is -0.392. The standard InChI is InChI=1S/C15H18FN3O2/c1-3-19(12-6-4-5-11(16)7-12)9-13-8-14(10(2)21-13)15(20)18-17/h4-8H,3,9,17H2,1-2H3,(H,18,20). The van der Waals surface area contributed by atoms with Crippen LogP contribution >= 0.6 is 0 Å². The summed E-state index contributed by atoms with van der Waals surface area (Å²) in [5, 5.41) is 0. The van der Waals surface area contributed by atoms with Gasteiger partial charge in [0.05, 0.1) is 12.1 Å². The first kappa shape index (κ1) is 15.1. The number of anilines is 1. The molecule has 0 unspecified atom stereocenters. The van der Waals surface area contributed by atoms with Crippen LogP contribution in [0.1, 0.15) is 28.8 Å². The van der Waals surface area contributed by atoms with Gasteiger partial charge in [0.1, 0.15) is 17.3 Å². The van der Waals surface area contributed by atoms with E-state index in [-0.39, 0.29) is 5.82 Å². The molecule has 1 amide bonds. The van der Waals surface area contributed by atoms with Gasteiger partial charge in [-0.2, -0.15) is 0 Å². The highest BCUT2D eigenvalue weighted by molar-refractivity contribution is 5.94. The van der Waals surface area contributed by atoms with Crippen LogP contribution < -0.4 is 16.2 Å². The predicted molar refractivity (Wildman–Crippen MR) is 78.2 cm³/mol. The smallest absolute Gasteiger partial charge is 0.268 e. The molecule has 112 valence electrons. The second-order valence-corrected chi connectivity index (χ2v) is 4.65. The molecule has 0 radical (unpaired) electrons. The Kier molecular flexibility index (Phi) is 4.59. The molecule has 0 atom stereocenters. The summed E-state index contributed by atoms with van der Waals surface area (Å²) < 4.78 is 18.9. The fraction of sp³-hybridized carbons (Fsp3) is 0.267. The maximum atomic E-state index is 13.3. The van der Waals surface area contributed by atoms with Gasteiger partial charge in [-0.1, -0.05) is 6.07 Å². The number of nitrogen functional groups attached to an aromatic ring is 1. The lowest BCUT2D eigenvalue weighted by Crippen LogP contribution is -2.30. The SMILES string of the molecule is CCN(Cc1cc(C(=O)NN)c(C)o1)c1cccc(F)c1. The van der Waals surface area contributed by atoms with Crippen molar-refractivity contribution in [2.45, 2.75) is 20.4 Å². The summed E-state index contributed by atoms with van der Waals surface area (Å²) in [6.45, 7) is 4.79. The molecule has 0 saturated carbocycles. The van der Waals surface area contributed by atoms with E-state index in [0.29, 0.717) is 30.2 Å². The number of nitrogens with two attached hydrogens (primary N) is 1. The Balaban J connectivity index is 2.21. The van der Waals surface area contributed by atoms with Crippen LogP contribution in [0.25, 0.3) is 0 Å². The first-order valence-corrected chi connectivity index (χ1v) is 6.66. The summed E-state index contributed by atoms with van der Waals surface area (Å²) in [6, 6.07) is 8.01. The van der Waals surface area contributed by atoms with Gasteiger partial charge in [-0.05, 0) is 38.1 Å². The number of aryl methyl sites for hydroxylation is 1. The van der Waals surface area contributed by atoms with Crippen molar-refractivity contribution in [1.82, 2.24) is 5.43 Å². The van der Waals surface area contributed by atoms with Crippen molar-refractivity contribution >= 4 is 11.6 Å². The number of benzene rings is 1. The fourth-order valence-corrected chi connectivity index (χ4v) is 2.17. The Labute approximate surface area is 122 Å². The summed E-state index contributed by atoms with van der Waals surface area (Å²) in [6.07, 6.45) is 0. The van der Waals surface area contributed by atoms with E-state index in [4.69, 9.17) is 10.3 Å². The molecule has 0 saturated heterocycles. The second kappa shape index (κ2) is 6.41. The van der Waals surface area contributed by atoms with Crippen LogP contribution in [0, 0.1) is 12.7 Å². The number of carbonyl (C=O) groups is 1. The van der Waals surface area contributed by atoms with Crippen molar-refractivity contribution in [3.63, 3.8) is 0 Å². The number of nitrogens with one attached hydrogen (secondary N) is 1. The molecule has 1 aromatic carbocycles. The number of furan rings is 1. The molecule has 6 heteroatoms. The summed E-state index contributed by atoms with van der Waals surface area (Å²) in [5.41, 5.74) is 3.25. The van der Waals surface area contributed by atoms with Crippen LogP contribution in [-0.2, 0) is 6.54 Å². The van der Waals surface area contributed by atoms with Crippen molar-refractivity contribution < 1.29 is 13.6 Å². The van der Waals surface area contributed by atoms with E-state index in [9.17, 15) is 9.18 Å². The lowest BCUT2D eigenvalue weighted by molar-refractivity contribution is 0.0952. The molecule has 3 N–H and O–H groups in total. The lowest BCUT2D eigenvalue weighted by Gasteiger charge is -2.21. The van der Waals surface area contributed by atoms with E-state index in [1.54, 1.807) is 19.1 Å². The third-order valence-electron chi connectivity index (χ3n) is 3.25. The first-order chi connectivity index (χ1) is 10.0. The average Bonchev–Trinajstić information content (AvgIpc) is 2.84. The molecule has 0 bridgehead atoms. The summed E-state index contributed by atoms with van der Waals surface area (Å²) in [5.74, 6) is 5.57. The maximum Gasteiger partial charge on any atom is 0.268 e. The van der Waals surface area contributed by atoms with Crippen LogP contribution in [0.4, 0.5) is 10.1 Å². The number of carbonyl (C=O) groups excluding carboxylic acids is 1. The van der Waals surface area contributed by atoms with Crippen molar-refractivity contribution in [3.05, 3.63) is 53.2 Å². The Morgan fingerprint density at radius 1 is 1.43 bits per heavy atom. The van der Waals surface area contributed by atoms with Gasteiger partial charge >= 0.3 is 0 Å². The normalized spacial score (nSPS) is 10.5. The van der Waals surface area contributed by atoms with Crippen LogP contribution in [0.2, 0.25) is 0 Å². The predicted octanol–water partition coefficient (Wildman–Crippen LogP) is 2.36. The molecule has 0 fully saturated rings. The molecule has 1 aromatic heterocycles. The van der Waals surface area contributed by atoms with Gasteiger partial charge < -0.3 is 9.32 Å². The van der Waals surface area contributed by atoms with Crippen LogP contribution in [0.5, 0.6) is 0 Å². The van der Waals surface area contributed by atoms with E-state index in [2.05, 4.69) is 5.43 Å². The molecule has 1 heterocycles. The number of rotatable bonds is 5. The third-order valence-corrected chi connectivity index (χ3v) is 3.25. The Morgan fingerprint density at radius 2 is 2.19 bits per heavy atom. The highest BCUT2D eigenvalue weighted by Gasteiger charge is 2.16. The van der Waals surface area contributed by atoms with Gasteiger partial charge in [0.2, 0.25) is 0 Å². The molecule has 0 aliphatic carbocycles. The van der Waals surface area contributed by atoms with Crippen molar-refractivity contribution in [1.29, 1.82) is 0 Å². The van der Waals surface area contributed by atoms with Gasteiger partial charge in [0.25, 0.3) is 5.91 Å². The second-order valence-electron chi connectivity index (χ2n) is 4.65. The van der Waals surface area contributed by atoms with E-state index < -0.39 is 5.91 Å². The molecule has 2 aromatic rings. The number of halogens is 1. The largest absolute Gasteiger partial charge is 0.464 e. The van der Waals surface area contributed by atoms with Gasteiger partial charge in [0.15, 0.2) is 0 Å². The summed E-state index contributed by atoms with van der Waals surface area (Å²) in [7, 11) is 0. The molecule has 0 aliphatic rings. The number of amides is 1. The third kappa shape index (κ3) is 3.41. The quantitative estimate of drug-likeness (QED) is 0.504. The zero-order valence-corrected chi connectivity index (χ0v) is 12.0. The van der Waals surface area contributed by atoms with E-state index in [1.165, 1.54) is 12.1 Å². The number of hydrogen-bond acceptors (Lipinski definition) is 4. The lowest BCUT2D eigenvalue weighted by atomic mass is 10.2. The van der Waals surface area contributed by atoms with Crippen molar-refractivity contribution in [2.75, 3.05) is 11.4 Å². The zero-order valence-electron chi connectivity index (χ0n) is 12.0. The molecule has 0 aliphatic heterocycles. The minimum absolute atomic E-state index is 0.287. The Hall–Kier alpha value is -2.34. The van der Waals surface area contributed by atoms with E-state index >= 15 is 0 Å². The highest BCUT2D eigenvalue weighted by atomic mass is 19.1. The molecular weight excluding hydrogens is 273 g/mol. The zero-order chi connectivity index (χ0) is 15.4. The number of hydrazine groups is 1. The first-order valence-electron chi connectivity index (χ1n) is 6.66. The Morgan fingerprint density at radius 3 is 2.81 bits per heavy atom. The van der Waals surface area contributed by atoms with Gasteiger partial charge in [-0.25, -0.2) is 10.2 Å². The van der Waals surface area contributed by atoms with E-state index in [1.807, 2.05) is 17.9 Å². The Bertz CT molecular complexity index is 640. The van der Waals surface area contributed by atoms with Gasteiger partial charge in [-0.3, -0.25) is 10.2 Å². The van der Waals surface area contributed by atoms with Crippen LogP contribution in [-0.4, -0.2) is 12.5 Å². The molecule has 21 heavy (non-hydrogen) atoms. The van der Waals surface area contributed by atoms with Crippen molar-refractivity contribution in [2.24, 2.45) is 5.84 Å². The summed E-state index contributed by atoms with van der Waals surface area (Å²) in [4.78, 5) is 13.5. The monoisotopic (exact) mass is 291 g/mol. The molecule has 2 rings (SSSR count). The number of hydrogen-bond donors (Lipinski definition) is 2. The fourth-order valence-electron chi connectivity index (χ4n) is 2.17. The van der Waals surface area contributed by atoms with E-state index in [0.717, 1.165) is 5.69 Å². The van der Waals surface area contributed by atoms with Crippen LogP contribution in [0.3, 0.4) is 0 Å². The van der Waals surface area contributed by atoms with Crippen molar-refractivity contribution in [3.8, 4) is 0 Å². The molecular formula is C15H18FN3O2. The summed E-state index contributed by atoms with van der Waals surface area (Å²) >= 11 is 0. The van der Waals surface area contributed by atoms with Gasteiger partial charge in [0, 0.05) is 12.2 Å². The van der Waals surface area contributed by atoms with Crippen LogP contribution in [0.15, 0.2) is 34.7 Å². The topological polar surface area (TPSA) is 71.5 Å². The molecule has 0 spiro atoms. The maximum absolute atomic E-state index is 13.3. The minimum Gasteiger partial charge on any atom is -0.464 e. The highest BCUT2D eigenvalue weighted by Crippen LogP contribution is 2.21.